The second kappa shape index (κ2) is 5.93. The van der Waals surface area contributed by atoms with Crippen LogP contribution in [0.4, 0.5) is 0 Å². The van der Waals surface area contributed by atoms with Gasteiger partial charge in [0.15, 0.2) is 0 Å². The first-order valence-electron chi connectivity index (χ1n) is 6.40. The van der Waals surface area contributed by atoms with Crippen LogP contribution in [0.15, 0.2) is 36.2 Å². The highest BCUT2D eigenvalue weighted by Crippen LogP contribution is 2.28. The zero-order chi connectivity index (χ0) is 12.1. The van der Waals surface area contributed by atoms with Gasteiger partial charge in [-0.3, -0.25) is 0 Å². The van der Waals surface area contributed by atoms with Crippen molar-refractivity contribution in [1.82, 2.24) is 4.90 Å². The van der Waals surface area contributed by atoms with E-state index in [0.717, 1.165) is 11.6 Å². The van der Waals surface area contributed by atoms with Gasteiger partial charge in [0.1, 0.15) is 0 Å². The van der Waals surface area contributed by atoms with E-state index in [2.05, 4.69) is 57.5 Å². The molecule has 0 aromatic heterocycles. The van der Waals surface area contributed by atoms with E-state index in [4.69, 9.17) is 0 Å². The van der Waals surface area contributed by atoms with Crippen molar-refractivity contribution in [1.29, 1.82) is 0 Å². The van der Waals surface area contributed by atoms with E-state index in [1.54, 1.807) is 0 Å². The zero-order valence-electron chi connectivity index (χ0n) is 11.2. The molecule has 0 aliphatic carbocycles. The van der Waals surface area contributed by atoms with Crippen molar-refractivity contribution in [3.63, 3.8) is 0 Å². The molecule has 0 aromatic rings. The molecule has 0 saturated carbocycles. The van der Waals surface area contributed by atoms with E-state index >= 15 is 0 Å². The van der Waals surface area contributed by atoms with Crippen molar-refractivity contribution in [2.75, 3.05) is 0 Å². The van der Waals surface area contributed by atoms with Gasteiger partial charge < -0.3 is 4.90 Å². The fraction of sp³-hybridized carbons (Fsp3) is 0.600. The third kappa shape index (κ3) is 3.01. The molecule has 0 amide bonds. The number of allylic oxidation sites excluding steroid dienone is 3. The molecule has 0 spiro atoms. The summed E-state index contributed by atoms with van der Waals surface area (Å²) in [6, 6.07) is 0.507. The van der Waals surface area contributed by atoms with Gasteiger partial charge in [0.05, 0.1) is 6.04 Å². The van der Waals surface area contributed by atoms with Crippen LogP contribution in [0.2, 0.25) is 0 Å². The molecule has 0 radical (unpaired) electrons. The smallest absolute Gasteiger partial charge is 0.0546 e. The molecule has 0 bridgehead atoms. The van der Waals surface area contributed by atoms with Gasteiger partial charge in [-0.05, 0) is 32.3 Å². The summed E-state index contributed by atoms with van der Waals surface area (Å²) in [4.78, 5) is 2.32. The maximum absolute atomic E-state index is 4.08. The Morgan fingerprint density at radius 1 is 1.50 bits per heavy atom. The Labute approximate surface area is 101 Å². The summed E-state index contributed by atoms with van der Waals surface area (Å²) in [5.41, 5.74) is 2.51. The van der Waals surface area contributed by atoms with Crippen LogP contribution >= 0.6 is 0 Å². The Morgan fingerprint density at radius 2 is 2.19 bits per heavy atom. The summed E-state index contributed by atoms with van der Waals surface area (Å²) < 4.78 is 0. The van der Waals surface area contributed by atoms with E-state index in [0.29, 0.717) is 6.04 Å². The van der Waals surface area contributed by atoms with Crippen molar-refractivity contribution in [2.24, 2.45) is 5.92 Å². The minimum Gasteiger partial charge on any atom is -0.345 e. The Balaban J connectivity index is 2.87. The highest BCUT2D eigenvalue weighted by Gasteiger charge is 2.24. The molecular weight excluding hydrogens is 194 g/mol. The van der Waals surface area contributed by atoms with Crippen LogP contribution in [0, 0.1) is 5.92 Å². The number of rotatable bonds is 5. The second-order valence-electron chi connectivity index (χ2n) is 4.82. The fourth-order valence-electron chi connectivity index (χ4n) is 2.43. The number of hydrogen-bond donors (Lipinski definition) is 0. The maximum Gasteiger partial charge on any atom is 0.0546 e. The average molecular weight is 219 g/mol. The first-order valence-corrected chi connectivity index (χ1v) is 6.40. The van der Waals surface area contributed by atoms with Gasteiger partial charge in [-0.15, -0.1) is 0 Å². The predicted molar refractivity (Wildman–Crippen MR) is 72.0 cm³/mol. The van der Waals surface area contributed by atoms with Gasteiger partial charge in [-0.2, -0.15) is 0 Å². The monoisotopic (exact) mass is 219 g/mol. The van der Waals surface area contributed by atoms with E-state index in [1.807, 2.05) is 0 Å². The maximum atomic E-state index is 4.08. The van der Waals surface area contributed by atoms with Crippen LogP contribution in [-0.4, -0.2) is 10.9 Å². The molecular formula is C15H25N. The minimum atomic E-state index is 0.507. The Hall–Kier alpha value is -0.980. The molecule has 0 N–H and O–H groups in total. The van der Waals surface area contributed by atoms with Gasteiger partial charge >= 0.3 is 0 Å². The van der Waals surface area contributed by atoms with Crippen molar-refractivity contribution < 1.29 is 0 Å². The topological polar surface area (TPSA) is 3.24 Å². The van der Waals surface area contributed by atoms with E-state index in [-0.39, 0.29) is 0 Å². The van der Waals surface area contributed by atoms with Crippen molar-refractivity contribution >= 4 is 0 Å². The molecule has 1 rings (SSSR count). The fourth-order valence-corrected chi connectivity index (χ4v) is 2.43. The van der Waals surface area contributed by atoms with Gasteiger partial charge in [-0.25, -0.2) is 0 Å². The highest BCUT2D eigenvalue weighted by atomic mass is 15.2. The van der Waals surface area contributed by atoms with Crippen molar-refractivity contribution in [2.45, 2.75) is 53.0 Å². The lowest BCUT2D eigenvalue weighted by atomic mass is 9.88. The van der Waals surface area contributed by atoms with Crippen LogP contribution in [0.1, 0.15) is 47.0 Å². The van der Waals surface area contributed by atoms with Gasteiger partial charge in [-0.1, -0.05) is 44.9 Å². The van der Waals surface area contributed by atoms with Crippen LogP contribution in [0.25, 0.3) is 0 Å². The van der Waals surface area contributed by atoms with Crippen LogP contribution < -0.4 is 0 Å². The quantitative estimate of drug-likeness (QED) is 0.658. The predicted octanol–water partition coefficient (Wildman–Crippen LogP) is 4.49. The Morgan fingerprint density at radius 3 is 2.69 bits per heavy atom. The molecule has 0 fully saturated rings. The summed E-state index contributed by atoms with van der Waals surface area (Å²) in [6.45, 7) is 12.9. The summed E-state index contributed by atoms with van der Waals surface area (Å²) in [7, 11) is 0. The van der Waals surface area contributed by atoms with E-state index in [1.165, 1.54) is 24.8 Å². The zero-order valence-corrected chi connectivity index (χ0v) is 11.2. The standard InChI is InChI=1S/C15H25N/c1-6-8-14(7-2)15-11-13(5)9-10-16(15)12(3)4/h9-11,14-15H,3,6-8H2,1-2,4-5H3. The second-order valence-corrected chi connectivity index (χ2v) is 4.82. The minimum absolute atomic E-state index is 0.507. The largest absolute Gasteiger partial charge is 0.345 e. The number of nitrogens with zero attached hydrogens (tertiary/aromatic N) is 1. The molecule has 0 saturated heterocycles. The van der Waals surface area contributed by atoms with Crippen LogP contribution in [-0.2, 0) is 0 Å². The van der Waals surface area contributed by atoms with Gasteiger partial charge in [0, 0.05) is 11.9 Å². The normalized spacial score (nSPS) is 21.9. The lowest BCUT2D eigenvalue weighted by Crippen LogP contribution is -2.35. The molecule has 1 aliphatic heterocycles. The van der Waals surface area contributed by atoms with Crippen LogP contribution in [0.5, 0.6) is 0 Å². The third-order valence-corrected chi connectivity index (χ3v) is 3.36. The highest BCUT2D eigenvalue weighted by molar-refractivity contribution is 5.26. The van der Waals surface area contributed by atoms with Gasteiger partial charge in [0.25, 0.3) is 0 Å². The Bertz CT molecular complexity index is 299. The SMILES string of the molecule is C=C(C)N1C=CC(C)=CC1C(CC)CCC. The summed E-state index contributed by atoms with van der Waals surface area (Å²) in [5, 5.41) is 0. The lowest BCUT2D eigenvalue weighted by molar-refractivity contribution is 0.264. The molecule has 1 nitrogen and oxygen atoms in total. The molecule has 1 heteroatoms. The molecule has 0 aromatic carbocycles. The molecule has 2 unspecified atom stereocenters. The molecule has 90 valence electrons. The number of hydrogen-bond acceptors (Lipinski definition) is 1. The van der Waals surface area contributed by atoms with Crippen molar-refractivity contribution in [3.8, 4) is 0 Å². The lowest BCUT2D eigenvalue weighted by Gasteiger charge is -2.37. The molecule has 16 heavy (non-hydrogen) atoms. The van der Waals surface area contributed by atoms with Gasteiger partial charge in [0.2, 0.25) is 0 Å². The summed E-state index contributed by atoms with van der Waals surface area (Å²) >= 11 is 0. The Kier molecular flexibility index (Phi) is 4.85. The average Bonchev–Trinajstić information content (AvgIpc) is 2.25. The molecule has 1 aliphatic rings. The van der Waals surface area contributed by atoms with E-state index < -0.39 is 0 Å². The summed E-state index contributed by atoms with van der Waals surface area (Å²) in [6.07, 6.45) is 10.5. The molecule has 2 atom stereocenters. The third-order valence-electron chi connectivity index (χ3n) is 3.36. The van der Waals surface area contributed by atoms with Crippen LogP contribution in [0.3, 0.4) is 0 Å². The first kappa shape index (κ1) is 13.1. The van der Waals surface area contributed by atoms with E-state index in [9.17, 15) is 0 Å². The first-order chi connectivity index (χ1) is 7.60. The molecule has 1 heterocycles. The van der Waals surface area contributed by atoms with Crippen molar-refractivity contribution in [3.05, 3.63) is 36.2 Å². The summed E-state index contributed by atoms with van der Waals surface area (Å²) in [5.74, 6) is 0.738.